The van der Waals surface area contributed by atoms with E-state index in [1.54, 1.807) is 4.72 Å². The Morgan fingerprint density at radius 3 is 2.78 bits per heavy atom. The van der Waals surface area contributed by atoms with Crippen molar-refractivity contribution in [3.05, 3.63) is 41.0 Å². The molecule has 2 rings (SSSR count). The minimum absolute atomic E-state index is 0.0141. The van der Waals surface area contributed by atoms with Crippen LogP contribution in [0.15, 0.2) is 35.2 Å². The number of sulfonamides is 1. The number of hydrogen-bond donors (Lipinski definition) is 2. The van der Waals surface area contributed by atoms with Crippen molar-refractivity contribution >= 4 is 39.6 Å². The third kappa shape index (κ3) is 5.28. The van der Waals surface area contributed by atoms with Gasteiger partial charge in [0, 0.05) is 10.2 Å². The van der Waals surface area contributed by atoms with Gasteiger partial charge in [-0.2, -0.15) is 4.98 Å². The number of halogens is 1. The molecule has 0 aliphatic carbocycles. The molecule has 12 heteroatoms. The van der Waals surface area contributed by atoms with Crippen molar-refractivity contribution < 1.29 is 34.3 Å². The summed E-state index contributed by atoms with van der Waals surface area (Å²) in [7, 11) is -3.44. The number of rotatable bonds is 6. The second kappa shape index (κ2) is 8.64. The van der Waals surface area contributed by atoms with Crippen molar-refractivity contribution in [3.8, 4) is 5.88 Å². The summed E-state index contributed by atoms with van der Waals surface area (Å²) in [5.41, 5.74) is -0.707. The van der Waals surface area contributed by atoms with Gasteiger partial charge in [-0.05, 0) is 19.0 Å². The summed E-state index contributed by atoms with van der Waals surface area (Å²) in [4.78, 5) is 31.1. The molecule has 1 heterocycles. The van der Waals surface area contributed by atoms with E-state index < -0.39 is 45.9 Å². The predicted molar refractivity (Wildman–Crippen MR) is 95.3 cm³/mol. The van der Waals surface area contributed by atoms with Crippen molar-refractivity contribution in [2.45, 2.75) is 11.7 Å². The first kappa shape index (κ1) is 14.2. The monoisotopic (exact) mass is 419 g/mol. The number of nitrogens with zero attached hydrogens (tertiary/aromatic N) is 2. The highest BCUT2D eigenvalue weighted by molar-refractivity contribution is 7.90. The first-order chi connectivity index (χ1) is 14.7. The molecule has 0 aliphatic rings. The number of aromatic nitrogens is 2. The van der Waals surface area contributed by atoms with Gasteiger partial charge >= 0.3 is 12.0 Å². The average molecular weight is 420 g/mol. The number of carbonyl (C=O) groups excluding carboxylic acids is 2. The van der Waals surface area contributed by atoms with Crippen LogP contribution in [0.25, 0.3) is 0 Å². The Bertz CT molecular complexity index is 1150. The Labute approximate surface area is 166 Å². The number of benzene rings is 1. The summed E-state index contributed by atoms with van der Waals surface area (Å²) in [6.45, 7) is -6.72. The van der Waals surface area contributed by atoms with E-state index in [9.17, 15) is 18.0 Å². The third-order valence-electron chi connectivity index (χ3n) is 2.87. The van der Waals surface area contributed by atoms with Crippen molar-refractivity contribution in [3.63, 3.8) is 0 Å². The Morgan fingerprint density at radius 1 is 1.33 bits per heavy atom. The fourth-order valence-electron chi connectivity index (χ4n) is 1.83. The molecule has 2 aromatic rings. The van der Waals surface area contributed by atoms with E-state index in [2.05, 4.69) is 14.7 Å². The molecule has 2 N–H and O–H groups in total. The Kier molecular flexibility index (Phi) is 4.54. The van der Waals surface area contributed by atoms with Gasteiger partial charge in [-0.15, -0.1) is 0 Å². The van der Waals surface area contributed by atoms with Crippen LogP contribution in [0.2, 0.25) is 5.15 Å². The summed E-state index contributed by atoms with van der Waals surface area (Å²) in [5, 5.41) is 1.92. The lowest BCUT2D eigenvalue weighted by Gasteiger charge is -2.11. The molecular formula is C15H15ClN4O6S. The summed E-state index contributed by atoms with van der Waals surface area (Å²) >= 11 is 5.74. The minimum atomic E-state index is -4.72. The van der Waals surface area contributed by atoms with E-state index in [4.69, 9.17) is 23.2 Å². The molecule has 1 aromatic carbocycles. The number of nitrogens with one attached hydrogen (secondary N) is 2. The van der Waals surface area contributed by atoms with Crippen LogP contribution in [0.3, 0.4) is 0 Å². The lowest BCUT2D eigenvalue weighted by molar-refractivity contribution is 0.0521. The molecule has 2 amide bonds. The van der Waals surface area contributed by atoms with Gasteiger partial charge in [-0.3, -0.25) is 5.32 Å². The highest BCUT2D eigenvalue weighted by atomic mass is 35.5. The number of hydrogen-bond acceptors (Lipinski definition) is 8. The summed E-state index contributed by atoms with van der Waals surface area (Å²) in [6, 6.07) is 4.24. The molecule has 1 aromatic heterocycles. The van der Waals surface area contributed by atoms with E-state index >= 15 is 0 Å². The van der Waals surface area contributed by atoms with Crippen molar-refractivity contribution in [2.24, 2.45) is 0 Å². The van der Waals surface area contributed by atoms with Crippen LogP contribution in [0.5, 0.6) is 5.88 Å². The number of amides is 2. The van der Waals surface area contributed by atoms with Gasteiger partial charge in [0.25, 0.3) is 10.0 Å². The van der Waals surface area contributed by atoms with Gasteiger partial charge in [-0.25, -0.2) is 27.7 Å². The second-order valence-electron chi connectivity index (χ2n) is 4.60. The van der Waals surface area contributed by atoms with Crippen molar-refractivity contribution in [2.75, 3.05) is 19.0 Å². The lowest BCUT2D eigenvalue weighted by Crippen LogP contribution is -2.35. The summed E-state index contributed by atoms with van der Waals surface area (Å²) in [5.74, 6) is -1.98. The normalized spacial score (nSPS) is 14.5. The molecule has 27 heavy (non-hydrogen) atoms. The number of ether oxygens (including phenoxy) is 2. The molecule has 0 unspecified atom stereocenters. The maximum Gasteiger partial charge on any atom is 0.339 e. The van der Waals surface area contributed by atoms with E-state index in [-0.39, 0.29) is 17.0 Å². The van der Waals surface area contributed by atoms with Gasteiger partial charge in [0.1, 0.15) is 10.0 Å². The number of anilines is 1. The maximum absolute atomic E-state index is 12.6. The molecule has 0 spiro atoms. The molecule has 0 saturated carbocycles. The highest BCUT2D eigenvalue weighted by Gasteiger charge is 2.25. The van der Waals surface area contributed by atoms with Gasteiger partial charge in [0.2, 0.25) is 11.8 Å². The number of carbonyl (C=O) groups is 2. The number of methoxy groups -OCH3 is 1. The SMILES string of the molecule is [2H]C([2H])([2H])C([2H])([2H])OC(=O)c1ccccc1S(=O)(=O)NC(=O)Nc1nc(Cl)cc(OC)n1. The summed E-state index contributed by atoms with van der Waals surface area (Å²) in [6.07, 6.45) is 0. The molecule has 0 fully saturated rings. The largest absolute Gasteiger partial charge is 0.481 e. The average Bonchev–Trinajstić information content (AvgIpc) is 2.65. The lowest BCUT2D eigenvalue weighted by atomic mass is 10.2. The Balaban J connectivity index is 2.27. The molecule has 0 aliphatic heterocycles. The Hall–Kier alpha value is -2.92. The highest BCUT2D eigenvalue weighted by Crippen LogP contribution is 2.18. The van der Waals surface area contributed by atoms with E-state index in [0.717, 1.165) is 12.1 Å². The molecule has 0 atom stereocenters. The van der Waals surface area contributed by atoms with Crippen LogP contribution >= 0.6 is 11.6 Å². The minimum Gasteiger partial charge on any atom is -0.481 e. The Morgan fingerprint density at radius 2 is 2.07 bits per heavy atom. The number of esters is 1. The fourth-order valence-corrected chi connectivity index (χ4v) is 3.11. The van der Waals surface area contributed by atoms with Gasteiger partial charge in [-0.1, -0.05) is 23.7 Å². The first-order valence-corrected chi connectivity index (χ1v) is 8.77. The quantitative estimate of drug-likeness (QED) is 0.534. The molecule has 144 valence electrons. The third-order valence-corrected chi connectivity index (χ3v) is 4.46. The standard InChI is InChI=1S/C15H15ClN4O6S/c1-3-26-13(21)9-6-4-5-7-10(9)27(23,24)20-15(22)19-14-17-11(16)8-12(18-14)25-2/h4-8H,3H2,1-2H3,(H2,17,18,19,20,22)/i1D3,3D2. The topological polar surface area (TPSA) is 137 Å². The van der Waals surface area contributed by atoms with E-state index in [1.165, 1.54) is 25.3 Å². The first-order valence-electron chi connectivity index (χ1n) is 9.41. The van der Waals surface area contributed by atoms with E-state index in [0.29, 0.717) is 0 Å². The molecule has 0 radical (unpaired) electrons. The number of urea groups is 1. The van der Waals surface area contributed by atoms with Gasteiger partial charge in [0.15, 0.2) is 0 Å². The van der Waals surface area contributed by atoms with Gasteiger partial charge < -0.3 is 9.47 Å². The molecule has 0 bridgehead atoms. The molecule has 0 saturated heterocycles. The molecule has 10 nitrogen and oxygen atoms in total. The zero-order valence-corrected chi connectivity index (χ0v) is 15.1. The van der Waals surface area contributed by atoms with Crippen LogP contribution in [-0.2, 0) is 14.8 Å². The predicted octanol–water partition coefficient (Wildman–Crippen LogP) is 1.83. The van der Waals surface area contributed by atoms with Crippen LogP contribution in [-0.4, -0.2) is 44.1 Å². The van der Waals surface area contributed by atoms with Crippen LogP contribution < -0.4 is 14.8 Å². The van der Waals surface area contributed by atoms with Crippen molar-refractivity contribution in [1.82, 2.24) is 14.7 Å². The maximum atomic E-state index is 12.6. The smallest absolute Gasteiger partial charge is 0.339 e. The van der Waals surface area contributed by atoms with E-state index in [1.807, 2.05) is 5.32 Å². The zero-order chi connectivity index (χ0) is 24.3. The van der Waals surface area contributed by atoms with Crippen LogP contribution in [0.4, 0.5) is 10.7 Å². The zero-order valence-electron chi connectivity index (χ0n) is 18.5. The van der Waals surface area contributed by atoms with Crippen molar-refractivity contribution in [1.29, 1.82) is 0 Å². The van der Waals surface area contributed by atoms with Crippen LogP contribution in [0, 0.1) is 0 Å². The van der Waals surface area contributed by atoms with Gasteiger partial charge in [0.05, 0.1) is 22.0 Å². The van der Waals surface area contributed by atoms with Crippen LogP contribution in [0.1, 0.15) is 24.1 Å². The second-order valence-corrected chi connectivity index (χ2v) is 6.64. The fraction of sp³-hybridized carbons (Fsp3) is 0.200. The summed E-state index contributed by atoms with van der Waals surface area (Å²) < 4.78 is 72.1. The molecular weight excluding hydrogens is 400 g/mol.